The van der Waals surface area contributed by atoms with Gasteiger partial charge in [-0.2, -0.15) is 0 Å². The smallest absolute Gasteiger partial charge is 0.354 e. The number of hydrogen-bond acceptors (Lipinski definition) is 5. The number of nitro groups is 1. The molecule has 1 aromatic heterocycles. The Morgan fingerprint density at radius 2 is 1.90 bits per heavy atom. The second-order valence-electron chi connectivity index (χ2n) is 3.78. The van der Waals surface area contributed by atoms with E-state index in [2.05, 4.69) is 36.8 Å². The molecule has 0 aliphatic rings. The Kier molecular flexibility index (Phi) is 4.53. The van der Waals surface area contributed by atoms with E-state index in [0.717, 1.165) is 0 Å². The number of aromatic nitrogens is 1. The van der Waals surface area contributed by atoms with Crippen molar-refractivity contribution in [2.45, 2.75) is 0 Å². The van der Waals surface area contributed by atoms with E-state index < -0.39 is 10.9 Å². The van der Waals surface area contributed by atoms with Gasteiger partial charge in [-0.15, -0.1) is 0 Å². The highest BCUT2D eigenvalue weighted by Gasteiger charge is 2.16. The number of non-ortho nitro benzene ring substituents is 1. The van der Waals surface area contributed by atoms with Gasteiger partial charge < -0.3 is 9.84 Å². The molecule has 0 atom stereocenters. The third-order valence-corrected chi connectivity index (χ3v) is 3.55. The molecule has 0 bridgehead atoms. The minimum Gasteiger partial charge on any atom is -0.477 e. The molecule has 0 amide bonds. The van der Waals surface area contributed by atoms with Crippen LogP contribution in [0.1, 0.15) is 10.5 Å². The first-order valence-corrected chi connectivity index (χ1v) is 6.97. The van der Waals surface area contributed by atoms with Gasteiger partial charge in [0.15, 0.2) is 5.75 Å². The normalized spacial score (nSPS) is 10.2. The van der Waals surface area contributed by atoms with Crippen LogP contribution in [0, 0.1) is 10.1 Å². The van der Waals surface area contributed by atoms with E-state index in [0.29, 0.717) is 20.4 Å². The number of carboxylic acid groups (broad SMARTS) is 1. The quantitative estimate of drug-likeness (QED) is 0.595. The maximum absolute atomic E-state index is 10.7. The fourth-order valence-corrected chi connectivity index (χ4v) is 2.76. The summed E-state index contributed by atoms with van der Waals surface area (Å²) in [5.41, 5.74) is -0.204. The molecule has 1 N–H and O–H groups in total. The van der Waals surface area contributed by atoms with Gasteiger partial charge in [0.05, 0.1) is 20.1 Å². The van der Waals surface area contributed by atoms with Gasteiger partial charge in [0, 0.05) is 12.1 Å². The lowest BCUT2D eigenvalue weighted by molar-refractivity contribution is -0.385. The molecule has 0 spiro atoms. The lowest BCUT2D eigenvalue weighted by atomic mass is 10.3. The standard InChI is InChI=1S/C12H6Br2N2O5/c13-8-3-6(16(19)20)4-9(14)11(8)21-7-1-2-10(12(17)18)15-5-7/h1-5H,(H,17,18). The second-order valence-corrected chi connectivity index (χ2v) is 5.49. The largest absolute Gasteiger partial charge is 0.477 e. The third-order valence-electron chi connectivity index (χ3n) is 2.37. The van der Waals surface area contributed by atoms with Crippen LogP contribution in [0.4, 0.5) is 5.69 Å². The highest BCUT2D eigenvalue weighted by Crippen LogP contribution is 2.39. The highest BCUT2D eigenvalue weighted by molar-refractivity contribution is 9.11. The average Bonchev–Trinajstić information content (AvgIpc) is 2.43. The zero-order valence-corrected chi connectivity index (χ0v) is 13.3. The zero-order valence-electron chi connectivity index (χ0n) is 10.1. The summed E-state index contributed by atoms with van der Waals surface area (Å²) in [6.07, 6.45) is 1.25. The van der Waals surface area contributed by atoms with Gasteiger partial charge in [0.2, 0.25) is 0 Å². The van der Waals surface area contributed by atoms with Crippen LogP contribution in [0.3, 0.4) is 0 Å². The fraction of sp³-hybridized carbons (Fsp3) is 0. The number of carbonyl (C=O) groups is 1. The van der Waals surface area contributed by atoms with Gasteiger partial charge in [0.25, 0.3) is 5.69 Å². The predicted molar refractivity (Wildman–Crippen MR) is 79.8 cm³/mol. The molecule has 2 rings (SSSR count). The van der Waals surface area contributed by atoms with E-state index >= 15 is 0 Å². The van der Waals surface area contributed by atoms with Crippen molar-refractivity contribution in [3.8, 4) is 11.5 Å². The number of ether oxygens (including phenoxy) is 1. The molecule has 9 heteroatoms. The lowest BCUT2D eigenvalue weighted by Crippen LogP contribution is -1.99. The average molecular weight is 418 g/mol. The van der Waals surface area contributed by atoms with Crippen molar-refractivity contribution in [3.05, 3.63) is 55.2 Å². The summed E-state index contributed by atoms with van der Waals surface area (Å²) >= 11 is 6.37. The van der Waals surface area contributed by atoms with Gasteiger partial charge in [-0.3, -0.25) is 10.1 Å². The molecule has 0 saturated carbocycles. The van der Waals surface area contributed by atoms with Crippen LogP contribution < -0.4 is 4.74 Å². The molecule has 108 valence electrons. The Labute approximate surface area is 135 Å². The lowest BCUT2D eigenvalue weighted by Gasteiger charge is -2.09. The predicted octanol–water partition coefficient (Wildman–Crippen LogP) is 4.01. The molecule has 0 unspecified atom stereocenters. The number of hydrogen-bond donors (Lipinski definition) is 1. The molecular weight excluding hydrogens is 412 g/mol. The Bertz CT molecular complexity index is 695. The number of rotatable bonds is 4. The number of nitrogens with zero attached hydrogens (tertiary/aromatic N) is 2. The summed E-state index contributed by atoms with van der Waals surface area (Å²) in [5, 5.41) is 19.5. The molecule has 21 heavy (non-hydrogen) atoms. The molecule has 1 heterocycles. The van der Waals surface area contributed by atoms with Crippen molar-refractivity contribution in [1.29, 1.82) is 0 Å². The third kappa shape index (κ3) is 3.56. The molecule has 0 fully saturated rings. The summed E-state index contributed by atoms with van der Waals surface area (Å²) < 4.78 is 6.30. The minimum atomic E-state index is -1.14. The fourth-order valence-electron chi connectivity index (χ4n) is 1.43. The van der Waals surface area contributed by atoms with Gasteiger partial charge in [-0.05, 0) is 44.0 Å². The highest BCUT2D eigenvalue weighted by atomic mass is 79.9. The van der Waals surface area contributed by atoms with Crippen LogP contribution in [0.15, 0.2) is 39.4 Å². The van der Waals surface area contributed by atoms with E-state index in [-0.39, 0.29) is 11.4 Å². The van der Waals surface area contributed by atoms with E-state index in [4.69, 9.17) is 9.84 Å². The maximum Gasteiger partial charge on any atom is 0.354 e. The van der Waals surface area contributed by atoms with Crippen molar-refractivity contribution in [1.82, 2.24) is 4.98 Å². The Hall–Kier alpha value is -2.00. The van der Waals surface area contributed by atoms with Crippen molar-refractivity contribution in [2.75, 3.05) is 0 Å². The Balaban J connectivity index is 2.31. The van der Waals surface area contributed by atoms with Gasteiger partial charge >= 0.3 is 5.97 Å². The van der Waals surface area contributed by atoms with Crippen molar-refractivity contribution < 1.29 is 19.6 Å². The maximum atomic E-state index is 10.7. The van der Waals surface area contributed by atoms with Crippen molar-refractivity contribution in [2.24, 2.45) is 0 Å². The molecular formula is C12H6Br2N2O5. The molecule has 0 radical (unpaired) electrons. The second kappa shape index (κ2) is 6.19. The van der Waals surface area contributed by atoms with E-state index in [1.54, 1.807) is 0 Å². The van der Waals surface area contributed by atoms with E-state index in [1.807, 2.05) is 0 Å². The van der Waals surface area contributed by atoms with Crippen LogP contribution in [0.2, 0.25) is 0 Å². The van der Waals surface area contributed by atoms with E-state index in [1.165, 1.54) is 30.5 Å². The monoisotopic (exact) mass is 416 g/mol. The summed E-state index contributed by atoms with van der Waals surface area (Å²) in [6.45, 7) is 0. The van der Waals surface area contributed by atoms with Crippen molar-refractivity contribution in [3.63, 3.8) is 0 Å². The summed E-state index contributed by atoms with van der Waals surface area (Å²) in [5.74, 6) is -0.514. The summed E-state index contributed by atoms with van der Waals surface area (Å²) in [6, 6.07) is 5.35. The van der Waals surface area contributed by atoms with E-state index in [9.17, 15) is 14.9 Å². The minimum absolute atomic E-state index is 0.0968. The number of nitro benzene ring substituents is 1. The van der Waals surface area contributed by atoms with Crippen molar-refractivity contribution >= 4 is 43.5 Å². The van der Waals surface area contributed by atoms with Gasteiger partial charge in [0.1, 0.15) is 11.4 Å². The summed E-state index contributed by atoms with van der Waals surface area (Å²) in [4.78, 5) is 24.6. The van der Waals surface area contributed by atoms with Crippen LogP contribution in [-0.2, 0) is 0 Å². The number of carboxylic acids is 1. The van der Waals surface area contributed by atoms with Gasteiger partial charge in [-0.1, -0.05) is 0 Å². The molecule has 1 aromatic carbocycles. The topological polar surface area (TPSA) is 103 Å². The van der Waals surface area contributed by atoms with Crippen LogP contribution in [0.25, 0.3) is 0 Å². The Morgan fingerprint density at radius 1 is 1.29 bits per heavy atom. The van der Waals surface area contributed by atoms with Gasteiger partial charge in [-0.25, -0.2) is 9.78 Å². The molecule has 0 aliphatic heterocycles. The molecule has 0 saturated heterocycles. The molecule has 7 nitrogen and oxygen atoms in total. The number of benzene rings is 1. The summed E-state index contributed by atoms with van der Waals surface area (Å²) in [7, 11) is 0. The SMILES string of the molecule is O=C(O)c1ccc(Oc2c(Br)cc([N+](=O)[O-])cc2Br)cn1. The first-order valence-electron chi connectivity index (χ1n) is 5.39. The van der Waals surface area contributed by atoms with Crippen LogP contribution >= 0.6 is 31.9 Å². The Morgan fingerprint density at radius 3 is 2.33 bits per heavy atom. The first kappa shape index (κ1) is 15.4. The number of pyridine rings is 1. The van der Waals surface area contributed by atoms with Crippen LogP contribution in [-0.4, -0.2) is 21.0 Å². The number of aromatic carboxylic acids is 1. The number of halogens is 2. The molecule has 0 aliphatic carbocycles. The molecule has 2 aromatic rings. The first-order chi connectivity index (χ1) is 9.88. The zero-order chi connectivity index (χ0) is 15.6. The van der Waals surface area contributed by atoms with Crippen LogP contribution in [0.5, 0.6) is 11.5 Å².